The zero-order valence-electron chi connectivity index (χ0n) is 11.2. The lowest BCUT2D eigenvalue weighted by atomic mass is 10.2. The summed E-state index contributed by atoms with van der Waals surface area (Å²) in [5.41, 5.74) is 1.16. The van der Waals surface area contributed by atoms with Crippen LogP contribution in [0, 0.1) is 0 Å². The van der Waals surface area contributed by atoms with Crippen LogP contribution in [0.25, 0.3) is 11.0 Å². The molecule has 0 aliphatic carbocycles. The molecule has 5 heteroatoms. The molecule has 4 nitrogen and oxygen atoms in total. The molecule has 0 unspecified atom stereocenters. The maximum absolute atomic E-state index is 12.2. The van der Waals surface area contributed by atoms with Crippen LogP contribution in [0.5, 0.6) is 5.75 Å². The molecule has 1 amide bonds. The molecule has 0 bridgehead atoms. The molecule has 3 aromatic rings. The van der Waals surface area contributed by atoms with Crippen LogP contribution in [0.3, 0.4) is 0 Å². The van der Waals surface area contributed by atoms with Crippen LogP contribution in [0.4, 0.5) is 5.69 Å². The summed E-state index contributed by atoms with van der Waals surface area (Å²) in [7, 11) is 1.56. The fraction of sp³-hybridized carbons (Fsp3) is 0.0625. The number of halogens is 1. The Labute approximate surface area is 126 Å². The highest BCUT2D eigenvalue weighted by atomic mass is 35.5. The molecule has 3 rings (SSSR count). The summed E-state index contributed by atoms with van der Waals surface area (Å²) >= 11 is 5.89. The SMILES string of the molecule is COc1cccc2cc(C(=O)Nc3cccc(Cl)c3)oc12. The Bertz CT molecular complexity index is 810. The number of hydrogen-bond acceptors (Lipinski definition) is 3. The van der Waals surface area contributed by atoms with Gasteiger partial charge in [-0.3, -0.25) is 4.79 Å². The number of furan rings is 1. The van der Waals surface area contributed by atoms with Crippen molar-refractivity contribution in [2.45, 2.75) is 0 Å². The number of para-hydroxylation sites is 1. The van der Waals surface area contributed by atoms with Gasteiger partial charge in [0.2, 0.25) is 0 Å². The van der Waals surface area contributed by atoms with Gasteiger partial charge in [-0.2, -0.15) is 0 Å². The molecule has 1 N–H and O–H groups in total. The number of fused-ring (bicyclic) bond motifs is 1. The third-order valence-corrected chi connectivity index (χ3v) is 3.27. The molecule has 1 aromatic heterocycles. The number of rotatable bonds is 3. The molecule has 2 aromatic carbocycles. The van der Waals surface area contributed by atoms with Crippen LogP contribution in [-0.2, 0) is 0 Å². The number of benzene rings is 2. The number of amides is 1. The van der Waals surface area contributed by atoms with Crippen molar-refractivity contribution in [2.24, 2.45) is 0 Å². The van der Waals surface area contributed by atoms with Crippen LogP contribution in [0.1, 0.15) is 10.6 Å². The van der Waals surface area contributed by atoms with Crippen LogP contribution >= 0.6 is 11.6 Å². The Balaban J connectivity index is 1.91. The van der Waals surface area contributed by atoms with Gasteiger partial charge in [-0.1, -0.05) is 29.8 Å². The normalized spacial score (nSPS) is 10.6. The van der Waals surface area contributed by atoms with Crippen LogP contribution < -0.4 is 10.1 Å². The minimum atomic E-state index is -0.337. The molecule has 0 spiro atoms. The standard InChI is InChI=1S/C16H12ClNO3/c1-20-13-7-2-4-10-8-14(21-15(10)13)16(19)18-12-6-3-5-11(17)9-12/h2-9H,1H3,(H,18,19). The Morgan fingerprint density at radius 3 is 2.76 bits per heavy atom. The first-order valence-electron chi connectivity index (χ1n) is 6.31. The molecule has 106 valence electrons. The van der Waals surface area contributed by atoms with E-state index in [2.05, 4.69) is 5.32 Å². The van der Waals surface area contributed by atoms with Gasteiger partial charge in [0, 0.05) is 16.1 Å². The Morgan fingerprint density at radius 2 is 2.00 bits per heavy atom. The van der Waals surface area contributed by atoms with Gasteiger partial charge in [0.15, 0.2) is 17.1 Å². The number of nitrogens with one attached hydrogen (secondary N) is 1. The van der Waals surface area contributed by atoms with E-state index in [-0.39, 0.29) is 11.7 Å². The average Bonchev–Trinajstić information content (AvgIpc) is 2.91. The van der Waals surface area contributed by atoms with Crippen molar-refractivity contribution in [2.75, 3.05) is 12.4 Å². The highest BCUT2D eigenvalue weighted by molar-refractivity contribution is 6.30. The zero-order chi connectivity index (χ0) is 14.8. The van der Waals surface area contributed by atoms with Crippen molar-refractivity contribution < 1.29 is 13.9 Å². The van der Waals surface area contributed by atoms with Crippen molar-refractivity contribution in [3.05, 3.63) is 59.3 Å². The predicted molar refractivity (Wildman–Crippen MR) is 82.2 cm³/mol. The van der Waals surface area contributed by atoms with E-state index in [0.29, 0.717) is 22.0 Å². The van der Waals surface area contributed by atoms with Crippen LogP contribution in [0.2, 0.25) is 5.02 Å². The smallest absolute Gasteiger partial charge is 0.291 e. The van der Waals surface area contributed by atoms with E-state index >= 15 is 0 Å². The summed E-state index contributed by atoms with van der Waals surface area (Å²) in [6.07, 6.45) is 0. The van der Waals surface area contributed by atoms with E-state index in [1.165, 1.54) is 0 Å². The molecule has 0 aliphatic rings. The quantitative estimate of drug-likeness (QED) is 0.782. The summed E-state index contributed by atoms with van der Waals surface area (Å²) in [5, 5.41) is 4.10. The van der Waals surface area contributed by atoms with Crippen molar-refractivity contribution in [1.29, 1.82) is 0 Å². The van der Waals surface area contributed by atoms with Crippen LogP contribution in [0.15, 0.2) is 52.9 Å². The van der Waals surface area contributed by atoms with E-state index in [0.717, 1.165) is 5.39 Å². The van der Waals surface area contributed by atoms with Crippen LogP contribution in [-0.4, -0.2) is 13.0 Å². The van der Waals surface area contributed by atoms with Gasteiger partial charge in [-0.25, -0.2) is 0 Å². The van der Waals surface area contributed by atoms with Gasteiger partial charge in [-0.15, -0.1) is 0 Å². The highest BCUT2D eigenvalue weighted by Crippen LogP contribution is 2.28. The van der Waals surface area contributed by atoms with E-state index < -0.39 is 0 Å². The summed E-state index contributed by atoms with van der Waals surface area (Å²) in [5.74, 6) is 0.472. The number of anilines is 1. The third-order valence-electron chi connectivity index (χ3n) is 3.03. The van der Waals surface area contributed by atoms with Crippen molar-refractivity contribution in [3.8, 4) is 5.75 Å². The summed E-state index contributed by atoms with van der Waals surface area (Å²) in [6, 6.07) is 14.1. The molecule has 0 saturated heterocycles. The van der Waals surface area contributed by atoms with Gasteiger partial charge in [0.25, 0.3) is 5.91 Å². The minimum absolute atomic E-state index is 0.217. The largest absolute Gasteiger partial charge is 0.493 e. The average molecular weight is 302 g/mol. The van der Waals surface area contributed by atoms with Crippen molar-refractivity contribution >= 4 is 34.2 Å². The molecule has 0 saturated carbocycles. The lowest BCUT2D eigenvalue weighted by Crippen LogP contribution is -2.10. The van der Waals surface area contributed by atoms with Gasteiger partial charge in [0.1, 0.15) is 0 Å². The third kappa shape index (κ3) is 2.71. The highest BCUT2D eigenvalue weighted by Gasteiger charge is 2.15. The number of carbonyl (C=O) groups excluding carboxylic acids is 1. The van der Waals surface area contributed by atoms with E-state index in [1.54, 1.807) is 43.5 Å². The lowest BCUT2D eigenvalue weighted by molar-refractivity contribution is 0.0998. The Morgan fingerprint density at radius 1 is 1.19 bits per heavy atom. The fourth-order valence-corrected chi connectivity index (χ4v) is 2.26. The summed E-state index contributed by atoms with van der Waals surface area (Å²) < 4.78 is 10.8. The molecule has 21 heavy (non-hydrogen) atoms. The van der Waals surface area contributed by atoms with Crippen molar-refractivity contribution in [3.63, 3.8) is 0 Å². The maximum Gasteiger partial charge on any atom is 0.291 e. The van der Waals surface area contributed by atoms with Gasteiger partial charge in [-0.05, 0) is 30.3 Å². The van der Waals surface area contributed by atoms with E-state index in [4.69, 9.17) is 20.8 Å². The number of ether oxygens (including phenoxy) is 1. The Kier molecular flexibility index (Phi) is 3.54. The van der Waals surface area contributed by atoms with Gasteiger partial charge < -0.3 is 14.5 Å². The molecule has 0 atom stereocenters. The minimum Gasteiger partial charge on any atom is -0.493 e. The first-order valence-corrected chi connectivity index (χ1v) is 6.68. The maximum atomic E-state index is 12.2. The molecular formula is C16H12ClNO3. The van der Waals surface area contributed by atoms with E-state index in [1.807, 2.05) is 12.1 Å². The fourth-order valence-electron chi connectivity index (χ4n) is 2.07. The lowest BCUT2D eigenvalue weighted by Gasteiger charge is -2.03. The van der Waals surface area contributed by atoms with Gasteiger partial charge in [0.05, 0.1) is 7.11 Å². The van der Waals surface area contributed by atoms with Crippen molar-refractivity contribution in [1.82, 2.24) is 0 Å². The monoisotopic (exact) mass is 301 g/mol. The molecular weight excluding hydrogens is 290 g/mol. The Hall–Kier alpha value is -2.46. The summed E-state index contributed by atoms with van der Waals surface area (Å²) in [4.78, 5) is 12.2. The molecule has 0 fully saturated rings. The number of hydrogen-bond donors (Lipinski definition) is 1. The van der Waals surface area contributed by atoms with Gasteiger partial charge >= 0.3 is 0 Å². The zero-order valence-corrected chi connectivity index (χ0v) is 12.0. The number of carbonyl (C=O) groups is 1. The predicted octanol–water partition coefficient (Wildman–Crippen LogP) is 4.35. The first-order chi connectivity index (χ1) is 10.2. The number of methoxy groups -OCH3 is 1. The summed E-state index contributed by atoms with van der Waals surface area (Å²) in [6.45, 7) is 0. The molecule has 0 aliphatic heterocycles. The van der Waals surface area contributed by atoms with E-state index in [9.17, 15) is 4.79 Å². The second-order valence-electron chi connectivity index (χ2n) is 4.45. The molecule has 0 radical (unpaired) electrons. The first kappa shape index (κ1) is 13.5. The second kappa shape index (κ2) is 5.50. The molecule has 1 heterocycles. The topological polar surface area (TPSA) is 51.5 Å². The second-order valence-corrected chi connectivity index (χ2v) is 4.89.